The van der Waals surface area contributed by atoms with Gasteiger partial charge in [0, 0.05) is 17.9 Å². The van der Waals surface area contributed by atoms with Crippen LogP contribution in [0.5, 0.6) is 0 Å². The second-order valence-corrected chi connectivity index (χ2v) is 6.80. The number of carbonyl (C=O) groups excluding carboxylic acids is 1. The van der Waals surface area contributed by atoms with Gasteiger partial charge in [-0.25, -0.2) is 0 Å². The van der Waals surface area contributed by atoms with Crippen LogP contribution in [-0.2, 0) is 9.53 Å². The van der Waals surface area contributed by atoms with E-state index in [4.69, 9.17) is 10.5 Å². The summed E-state index contributed by atoms with van der Waals surface area (Å²) >= 11 is 0. The van der Waals surface area contributed by atoms with E-state index < -0.39 is 11.1 Å². The Morgan fingerprint density at radius 3 is 2.74 bits per heavy atom. The Morgan fingerprint density at radius 2 is 2.21 bits per heavy atom. The Bertz CT molecular complexity index is 379. The van der Waals surface area contributed by atoms with E-state index in [0.717, 1.165) is 6.42 Å². The Morgan fingerprint density at radius 1 is 1.58 bits per heavy atom. The third-order valence-electron chi connectivity index (χ3n) is 5.37. The second kappa shape index (κ2) is 4.43. The first-order valence-corrected chi connectivity index (χ1v) is 7.07. The molecule has 5 nitrogen and oxygen atoms in total. The molecule has 4 unspecified atom stereocenters. The van der Waals surface area contributed by atoms with Crippen LogP contribution in [0.25, 0.3) is 0 Å². The summed E-state index contributed by atoms with van der Waals surface area (Å²) in [7, 11) is 0. The molecule has 5 heteroatoms. The van der Waals surface area contributed by atoms with Crippen LogP contribution < -0.4 is 11.1 Å². The number of nitrogens with two attached hydrogens (primary N) is 1. The van der Waals surface area contributed by atoms with Crippen molar-refractivity contribution in [3.63, 3.8) is 0 Å². The van der Waals surface area contributed by atoms with Gasteiger partial charge in [-0.15, -0.1) is 0 Å². The number of carbonyl (C=O) groups is 1. The van der Waals surface area contributed by atoms with E-state index in [1.165, 1.54) is 0 Å². The fourth-order valence-electron chi connectivity index (χ4n) is 3.46. The maximum atomic E-state index is 12.6. The predicted octanol–water partition coefficient (Wildman–Crippen LogP) is 0.406. The van der Waals surface area contributed by atoms with Gasteiger partial charge in [-0.1, -0.05) is 20.8 Å². The molecule has 0 radical (unpaired) electrons. The molecule has 0 aromatic heterocycles. The number of hydrogen-bond acceptors (Lipinski definition) is 4. The summed E-state index contributed by atoms with van der Waals surface area (Å²) in [4.78, 5) is 12.6. The van der Waals surface area contributed by atoms with Gasteiger partial charge in [0.15, 0.2) is 0 Å². The van der Waals surface area contributed by atoms with Gasteiger partial charge in [0.1, 0.15) is 5.54 Å². The standard InChI is InChI=1S/C14H26N2O3/c1-5-13(4,8-17)16-11(18)14(15)9-6-7-19-10(9)12(14,2)3/h9-10,17H,5-8,15H2,1-4H3,(H,16,18). The molecule has 2 rings (SSSR count). The number of aliphatic hydroxyl groups is 1. The molecule has 0 spiro atoms. The highest BCUT2D eigenvalue weighted by Gasteiger charge is 2.71. The van der Waals surface area contributed by atoms with Gasteiger partial charge in [-0.2, -0.15) is 0 Å². The van der Waals surface area contributed by atoms with Crippen molar-refractivity contribution in [1.82, 2.24) is 5.32 Å². The van der Waals surface area contributed by atoms with Crippen molar-refractivity contribution in [3.8, 4) is 0 Å². The van der Waals surface area contributed by atoms with Crippen molar-refractivity contribution in [3.05, 3.63) is 0 Å². The highest BCUT2D eigenvalue weighted by atomic mass is 16.5. The van der Waals surface area contributed by atoms with Crippen molar-refractivity contribution in [2.24, 2.45) is 17.1 Å². The van der Waals surface area contributed by atoms with Crippen molar-refractivity contribution in [1.29, 1.82) is 0 Å². The minimum Gasteiger partial charge on any atom is -0.394 e. The molecule has 2 aliphatic rings. The Kier molecular flexibility index (Phi) is 3.44. The van der Waals surface area contributed by atoms with Gasteiger partial charge in [0.25, 0.3) is 0 Å². The second-order valence-electron chi connectivity index (χ2n) is 6.80. The number of hydrogen-bond donors (Lipinski definition) is 3. The third-order valence-corrected chi connectivity index (χ3v) is 5.37. The summed E-state index contributed by atoms with van der Waals surface area (Å²) in [5.74, 6) is -0.0788. The lowest BCUT2D eigenvalue weighted by Crippen LogP contribution is -2.81. The zero-order valence-corrected chi connectivity index (χ0v) is 12.3. The third kappa shape index (κ3) is 1.82. The van der Waals surface area contributed by atoms with E-state index in [-0.39, 0.29) is 30.0 Å². The maximum Gasteiger partial charge on any atom is 0.241 e. The minimum atomic E-state index is -0.903. The fourth-order valence-corrected chi connectivity index (χ4v) is 3.46. The van der Waals surface area contributed by atoms with E-state index in [9.17, 15) is 9.90 Å². The van der Waals surface area contributed by atoms with Crippen LogP contribution in [0.3, 0.4) is 0 Å². The molecule has 2 fully saturated rings. The number of fused-ring (bicyclic) bond motifs is 1. The molecule has 1 heterocycles. The molecule has 1 amide bonds. The number of rotatable bonds is 4. The summed E-state index contributed by atoms with van der Waals surface area (Å²) in [6.45, 7) is 8.34. The summed E-state index contributed by atoms with van der Waals surface area (Å²) in [6, 6.07) is 0. The number of amides is 1. The maximum absolute atomic E-state index is 12.6. The van der Waals surface area contributed by atoms with Crippen LogP contribution in [0, 0.1) is 11.3 Å². The summed E-state index contributed by atoms with van der Waals surface area (Å²) in [6.07, 6.45) is 1.57. The topological polar surface area (TPSA) is 84.6 Å². The van der Waals surface area contributed by atoms with E-state index in [1.807, 2.05) is 27.7 Å². The zero-order valence-electron chi connectivity index (χ0n) is 12.3. The Labute approximate surface area is 114 Å². The molecule has 1 saturated carbocycles. The SMILES string of the molecule is CCC(C)(CO)NC(=O)C1(N)C2CCOC2C1(C)C. The molecule has 4 N–H and O–H groups in total. The Balaban J connectivity index is 2.19. The lowest BCUT2D eigenvalue weighted by atomic mass is 9.48. The molecule has 0 aromatic rings. The van der Waals surface area contributed by atoms with Gasteiger partial charge in [0.05, 0.1) is 18.2 Å². The summed E-state index contributed by atoms with van der Waals surface area (Å²) in [5.41, 5.74) is 4.57. The molecule has 4 atom stereocenters. The molecule has 110 valence electrons. The van der Waals surface area contributed by atoms with E-state index in [0.29, 0.717) is 13.0 Å². The lowest BCUT2D eigenvalue weighted by molar-refractivity contribution is -0.177. The normalized spacial score (nSPS) is 39.1. The van der Waals surface area contributed by atoms with Gasteiger partial charge in [0.2, 0.25) is 5.91 Å². The van der Waals surface area contributed by atoms with Crippen molar-refractivity contribution in [2.45, 2.75) is 57.7 Å². The van der Waals surface area contributed by atoms with Crippen LogP contribution in [-0.4, -0.2) is 41.4 Å². The lowest BCUT2D eigenvalue weighted by Gasteiger charge is -2.61. The van der Waals surface area contributed by atoms with E-state index in [2.05, 4.69) is 5.32 Å². The quantitative estimate of drug-likeness (QED) is 0.690. The van der Waals surface area contributed by atoms with Gasteiger partial charge in [-0.3, -0.25) is 4.79 Å². The van der Waals surface area contributed by atoms with Crippen LogP contribution >= 0.6 is 0 Å². The molecular formula is C14H26N2O3. The molecule has 19 heavy (non-hydrogen) atoms. The average Bonchev–Trinajstić information content (AvgIpc) is 2.85. The van der Waals surface area contributed by atoms with E-state index in [1.54, 1.807) is 0 Å². The first kappa shape index (κ1) is 14.8. The molecule has 1 aliphatic heterocycles. The van der Waals surface area contributed by atoms with Gasteiger partial charge >= 0.3 is 0 Å². The largest absolute Gasteiger partial charge is 0.394 e. The monoisotopic (exact) mass is 270 g/mol. The summed E-state index contributed by atoms with van der Waals surface area (Å²) < 4.78 is 5.69. The number of ether oxygens (including phenoxy) is 1. The molecule has 1 aliphatic carbocycles. The average molecular weight is 270 g/mol. The first-order valence-electron chi connectivity index (χ1n) is 7.07. The van der Waals surface area contributed by atoms with Gasteiger partial charge < -0.3 is 20.9 Å². The summed E-state index contributed by atoms with van der Waals surface area (Å²) in [5, 5.41) is 12.4. The first-order chi connectivity index (χ1) is 8.73. The van der Waals surface area contributed by atoms with Crippen LogP contribution in [0.2, 0.25) is 0 Å². The molecule has 0 bridgehead atoms. The van der Waals surface area contributed by atoms with Crippen molar-refractivity contribution in [2.75, 3.05) is 13.2 Å². The highest BCUT2D eigenvalue weighted by Crippen LogP contribution is 2.58. The minimum absolute atomic E-state index is 0.0743. The van der Waals surface area contributed by atoms with Crippen molar-refractivity contribution < 1.29 is 14.6 Å². The van der Waals surface area contributed by atoms with Crippen molar-refractivity contribution >= 4 is 5.91 Å². The Hall–Kier alpha value is -0.650. The van der Waals surface area contributed by atoms with Crippen LogP contribution in [0.1, 0.15) is 40.5 Å². The molecule has 0 aromatic carbocycles. The van der Waals surface area contributed by atoms with Gasteiger partial charge in [-0.05, 0) is 19.8 Å². The van der Waals surface area contributed by atoms with E-state index >= 15 is 0 Å². The number of aliphatic hydroxyl groups excluding tert-OH is 1. The number of nitrogens with one attached hydrogen (secondary N) is 1. The highest BCUT2D eigenvalue weighted by molar-refractivity contribution is 5.90. The predicted molar refractivity (Wildman–Crippen MR) is 72.5 cm³/mol. The fraction of sp³-hybridized carbons (Fsp3) is 0.929. The van der Waals surface area contributed by atoms with Crippen LogP contribution in [0.4, 0.5) is 0 Å². The molecular weight excluding hydrogens is 244 g/mol. The zero-order chi connectivity index (χ0) is 14.5. The molecule has 1 saturated heterocycles. The van der Waals surface area contributed by atoms with Crippen LogP contribution in [0.15, 0.2) is 0 Å². The smallest absolute Gasteiger partial charge is 0.241 e.